The van der Waals surface area contributed by atoms with Crippen molar-refractivity contribution in [2.24, 2.45) is 17.7 Å². The predicted octanol–water partition coefficient (Wildman–Crippen LogP) is 1.66. The Morgan fingerprint density at radius 3 is 2.73 bits per heavy atom. The molecule has 0 aromatic rings. The van der Waals surface area contributed by atoms with E-state index in [0.717, 1.165) is 11.8 Å². The summed E-state index contributed by atoms with van der Waals surface area (Å²) in [6, 6.07) is 0.599. The van der Waals surface area contributed by atoms with E-state index in [0.29, 0.717) is 6.04 Å². The first-order valence-corrected chi connectivity index (χ1v) is 4.75. The van der Waals surface area contributed by atoms with E-state index < -0.39 is 0 Å². The molecule has 1 saturated carbocycles. The van der Waals surface area contributed by atoms with Gasteiger partial charge in [-0.25, -0.2) is 0 Å². The molecule has 1 aliphatic carbocycles. The van der Waals surface area contributed by atoms with Crippen LogP contribution in [0.1, 0.15) is 39.5 Å². The molecule has 2 nitrogen and oxygen atoms in total. The fourth-order valence-electron chi connectivity index (χ4n) is 2.10. The molecule has 0 radical (unpaired) electrons. The summed E-state index contributed by atoms with van der Waals surface area (Å²) < 4.78 is 0. The van der Waals surface area contributed by atoms with Crippen molar-refractivity contribution in [3.8, 4) is 0 Å². The SMILES string of the molecule is CCCCC1CC(C)C1NN. The van der Waals surface area contributed by atoms with Gasteiger partial charge in [0, 0.05) is 6.04 Å². The highest BCUT2D eigenvalue weighted by atomic mass is 15.2. The normalized spacial score (nSPS) is 36.8. The van der Waals surface area contributed by atoms with Crippen LogP contribution < -0.4 is 11.3 Å². The molecule has 0 amide bonds. The molecule has 0 saturated heterocycles. The van der Waals surface area contributed by atoms with Crippen LogP contribution in [0.4, 0.5) is 0 Å². The zero-order valence-corrected chi connectivity index (χ0v) is 7.64. The molecule has 0 aliphatic heterocycles. The fourth-order valence-corrected chi connectivity index (χ4v) is 2.10. The summed E-state index contributed by atoms with van der Waals surface area (Å²) in [6.07, 6.45) is 5.39. The first kappa shape index (κ1) is 9.01. The second kappa shape index (κ2) is 4.07. The molecule has 3 unspecified atom stereocenters. The molecule has 3 atom stereocenters. The van der Waals surface area contributed by atoms with Crippen molar-refractivity contribution in [2.45, 2.75) is 45.6 Å². The summed E-state index contributed by atoms with van der Waals surface area (Å²) in [5.41, 5.74) is 2.91. The van der Waals surface area contributed by atoms with Gasteiger partial charge in [-0.3, -0.25) is 11.3 Å². The van der Waals surface area contributed by atoms with Crippen LogP contribution in [0.15, 0.2) is 0 Å². The third-order valence-electron chi connectivity index (χ3n) is 2.92. The van der Waals surface area contributed by atoms with Gasteiger partial charge >= 0.3 is 0 Å². The molecule has 1 fully saturated rings. The minimum Gasteiger partial charge on any atom is -0.271 e. The van der Waals surface area contributed by atoms with Gasteiger partial charge in [-0.15, -0.1) is 0 Å². The van der Waals surface area contributed by atoms with Gasteiger partial charge in [0.25, 0.3) is 0 Å². The van der Waals surface area contributed by atoms with Gasteiger partial charge in [-0.1, -0.05) is 26.7 Å². The van der Waals surface area contributed by atoms with E-state index >= 15 is 0 Å². The van der Waals surface area contributed by atoms with Crippen LogP contribution in [-0.2, 0) is 0 Å². The van der Waals surface area contributed by atoms with Crippen molar-refractivity contribution >= 4 is 0 Å². The molecular formula is C9H20N2. The smallest absolute Gasteiger partial charge is 0.0264 e. The molecule has 0 bridgehead atoms. The summed E-state index contributed by atoms with van der Waals surface area (Å²) in [7, 11) is 0. The summed E-state index contributed by atoms with van der Waals surface area (Å²) >= 11 is 0. The number of hydrogen-bond acceptors (Lipinski definition) is 2. The lowest BCUT2D eigenvalue weighted by molar-refractivity contribution is 0.114. The quantitative estimate of drug-likeness (QED) is 0.480. The molecule has 0 aromatic carbocycles. The van der Waals surface area contributed by atoms with E-state index in [1.165, 1.54) is 25.7 Å². The van der Waals surface area contributed by atoms with E-state index in [4.69, 9.17) is 5.84 Å². The van der Waals surface area contributed by atoms with Crippen molar-refractivity contribution in [1.82, 2.24) is 5.43 Å². The van der Waals surface area contributed by atoms with E-state index in [9.17, 15) is 0 Å². The molecular weight excluding hydrogens is 136 g/mol. The number of hydrazine groups is 1. The average Bonchev–Trinajstić information content (AvgIpc) is 1.98. The van der Waals surface area contributed by atoms with Gasteiger partial charge in [0.05, 0.1) is 0 Å². The van der Waals surface area contributed by atoms with Crippen LogP contribution in [0.25, 0.3) is 0 Å². The lowest BCUT2D eigenvalue weighted by Crippen LogP contribution is -2.53. The van der Waals surface area contributed by atoms with Crippen LogP contribution in [0.5, 0.6) is 0 Å². The molecule has 11 heavy (non-hydrogen) atoms. The number of nitrogens with one attached hydrogen (secondary N) is 1. The van der Waals surface area contributed by atoms with Gasteiger partial charge in [-0.2, -0.15) is 0 Å². The Kier molecular flexibility index (Phi) is 3.34. The molecule has 1 rings (SSSR count). The third kappa shape index (κ3) is 1.94. The monoisotopic (exact) mass is 156 g/mol. The Balaban J connectivity index is 2.16. The van der Waals surface area contributed by atoms with Gasteiger partial charge < -0.3 is 0 Å². The van der Waals surface area contributed by atoms with Crippen LogP contribution in [0.2, 0.25) is 0 Å². The third-order valence-corrected chi connectivity index (χ3v) is 2.92. The first-order valence-electron chi connectivity index (χ1n) is 4.75. The molecule has 66 valence electrons. The maximum Gasteiger partial charge on any atom is 0.0264 e. The average molecular weight is 156 g/mol. The Labute approximate surface area is 69.5 Å². The highest BCUT2D eigenvalue weighted by molar-refractivity contribution is 4.90. The zero-order valence-electron chi connectivity index (χ0n) is 7.64. The van der Waals surface area contributed by atoms with Gasteiger partial charge in [-0.05, 0) is 24.7 Å². The van der Waals surface area contributed by atoms with Gasteiger partial charge in [0.1, 0.15) is 0 Å². The van der Waals surface area contributed by atoms with Gasteiger partial charge in [0.2, 0.25) is 0 Å². The van der Waals surface area contributed by atoms with Crippen molar-refractivity contribution in [1.29, 1.82) is 0 Å². The Hall–Kier alpha value is -0.0800. The highest BCUT2D eigenvalue weighted by Crippen LogP contribution is 2.36. The molecule has 0 spiro atoms. The maximum absolute atomic E-state index is 5.44. The lowest BCUT2D eigenvalue weighted by Gasteiger charge is -2.42. The van der Waals surface area contributed by atoms with Crippen LogP contribution in [-0.4, -0.2) is 6.04 Å². The fraction of sp³-hybridized carbons (Fsp3) is 1.00. The minimum atomic E-state index is 0.599. The summed E-state index contributed by atoms with van der Waals surface area (Å²) in [4.78, 5) is 0. The zero-order chi connectivity index (χ0) is 8.27. The van der Waals surface area contributed by atoms with Gasteiger partial charge in [0.15, 0.2) is 0 Å². The molecule has 1 aliphatic rings. The maximum atomic E-state index is 5.44. The Morgan fingerprint density at radius 2 is 2.27 bits per heavy atom. The number of unbranched alkanes of at least 4 members (excludes halogenated alkanes) is 1. The summed E-state index contributed by atoms with van der Waals surface area (Å²) in [6.45, 7) is 4.51. The van der Waals surface area contributed by atoms with E-state index in [1.807, 2.05) is 0 Å². The minimum absolute atomic E-state index is 0.599. The van der Waals surface area contributed by atoms with Crippen LogP contribution >= 0.6 is 0 Å². The lowest BCUT2D eigenvalue weighted by atomic mass is 9.69. The van der Waals surface area contributed by atoms with Crippen molar-refractivity contribution in [3.05, 3.63) is 0 Å². The standard InChI is InChI=1S/C9H20N2/c1-3-4-5-8-6-7(2)9(8)11-10/h7-9,11H,3-6,10H2,1-2H3. The summed E-state index contributed by atoms with van der Waals surface area (Å²) in [5.74, 6) is 7.09. The van der Waals surface area contributed by atoms with Crippen LogP contribution in [0.3, 0.4) is 0 Å². The van der Waals surface area contributed by atoms with E-state index in [-0.39, 0.29) is 0 Å². The highest BCUT2D eigenvalue weighted by Gasteiger charge is 2.36. The molecule has 0 aromatic heterocycles. The summed E-state index contributed by atoms with van der Waals surface area (Å²) in [5, 5.41) is 0. The van der Waals surface area contributed by atoms with Crippen LogP contribution in [0, 0.1) is 11.8 Å². The first-order chi connectivity index (χ1) is 5.29. The Morgan fingerprint density at radius 1 is 1.55 bits per heavy atom. The number of hydrogen-bond donors (Lipinski definition) is 2. The largest absolute Gasteiger partial charge is 0.271 e. The molecule has 2 heteroatoms. The number of nitrogens with two attached hydrogens (primary N) is 1. The van der Waals surface area contributed by atoms with Crippen molar-refractivity contribution in [2.75, 3.05) is 0 Å². The topological polar surface area (TPSA) is 38.0 Å². The molecule has 3 N–H and O–H groups in total. The second-order valence-corrected chi connectivity index (χ2v) is 3.81. The van der Waals surface area contributed by atoms with Crippen molar-refractivity contribution in [3.63, 3.8) is 0 Å². The second-order valence-electron chi connectivity index (χ2n) is 3.81. The Bertz CT molecular complexity index is 114. The predicted molar refractivity (Wildman–Crippen MR) is 47.9 cm³/mol. The number of rotatable bonds is 4. The van der Waals surface area contributed by atoms with E-state index in [1.54, 1.807) is 0 Å². The molecule has 0 heterocycles. The van der Waals surface area contributed by atoms with Crippen molar-refractivity contribution < 1.29 is 0 Å². The van der Waals surface area contributed by atoms with E-state index in [2.05, 4.69) is 19.3 Å².